The molecular formula is C18H12F8O2Si. The maximum Gasteiger partial charge on any atom is 0.203 e. The first kappa shape index (κ1) is 22.5. The molecule has 2 rings (SSSR count). The van der Waals surface area contributed by atoms with Crippen molar-refractivity contribution in [1.29, 1.82) is 0 Å². The van der Waals surface area contributed by atoms with E-state index < -0.39 is 88.6 Å². The van der Waals surface area contributed by atoms with Gasteiger partial charge in [-0.15, -0.1) is 13.2 Å². The number of aromatic hydroxyl groups is 2. The van der Waals surface area contributed by atoms with Crippen molar-refractivity contribution < 1.29 is 45.3 Å². The van der Waals surface area contributed by atoms with Crippen molar-refractivity contribution in [2.45, 2.75) is 12.1 Å². The SMILES string of the molecule is C=CC[Si](CC=C)(c1c(F)c(F)c(O)c(F)c1F)c1c(F)c(F)c(O)c(F)c1F. The molecule has 0 saturated heterocycles. The number of hydrogen-bond acceptors (Lipinski definition) is 2. The van der Waals surface area contributed by atoms with Crippen LogP contribution in [0, 0.1) is 46.5 Å². The molecule has 0 amide bonds. The van der Waals surface area contributed by atoms with Crippen LogP contribution in [0.5, 0.6) is 11.5 Å². The third-order valence-electron chi connectivity index (χ3n) is 4.42. The predicted octanol–water partition coefficient (Wildman–Crippen LogP) is 4.15. The molecule has 0 atom stereocenters. The second-order valence-electron chi connectivity index (χ2n) is 6.03. The average Bonchev–Trinajstić information content (AvgIpc) is 2.68. The Morgan fingerprint density at radius 2 is 0.793 bits per heavy atom. The molecule has 29 heavy (non-hydrogen) atoms. The highest BCUT2D eigenvalue weighted by Gasteiger charge is 2.48. The molecule has 0 spiro atoms. The monoisotopic (exact) mass is 440 g/mol. The maximum atomic E-state index is 14.6. The molecule has 0 saturated carbocycles. The standard InChI is InChI=1S/C18H12F8O2Si/c1-3-5-29(6-4-2,17-11(23)7(19)15(27)8(20)12(17)24)18-13(25)9(21)16(28)10(22)14(18)26/h3-4,27-28H,1-2,5-6H2. The molecule has 0 fully saturated rings. The first-order valence-corrected chi connectivity index (χ1v) is 10.2. The summed E-state index contributed by atoms with van der Waals surface area (Å²) in [5.74, 6) is -21.8. The van der Waals surface area contributed by atoms with Crippen molar-refractivity contribution >= 4 is 18.4 Å². The van der Waals surface area contributed by atoms with Gasteiger partial charge < -0.3 is 10.2 Å². The summed E-state index contributed by atoms with van der Waals surface area (Å²) in [5, 5.41) is 15.3. The van der Waals surface area contributed by atoms with E-state index >= 15 is 0 Å². The van der Waals surface area contributed by atoms with Crippen LogP contribution < -0.4 is 10.4 Å². The lowest BCUT2D eigenvalue weighted by molar-refractivity contribution is 0.358. The summed E-state index contributed by atoms with van der Waals surface area (Å²) >= 11 is 0. The fourth-order valence-electron chi connectivity index (χ4n) is 3.19. The molecule has 0 aromatic heterocycles. The lowest BCUT2D eigenvalue weighted by atomic mass is 10.3. The van der Waals surface area contributed by atoms with Crippen LogP contribution in [-0.4, -0.2) is 18.3 Å². The summed E-state index contributed by atoms with van der Waals surface area (Å²) in [7, 11) is -4.82. The van der Waals surface area contributed by atoms with Crippen LogP contribution in [0.25, 0.3) is 0 Å². The zero-order valence-corrected chi connectivity index (χ0v) is 15.4. The van der Waals surface area contributed by atoms with E-state index in [1.54, 1.807) is 0 Å². The zero-order chi connectivity index (χ0) is 22.3. The van der Waals surface area contributed by atoms with Gasteiger partial charge in [-0.25, -0.2) is 17.6 Å². The number of hydrogen-bond donors (Lipinski definition) is 2. The normalized spacial score (nSPS) is 11.6. The van der Waals surface area contributed by atoms with Gasteiger partial charge in [-0.3, -0.25) is 0 Å². The minimum absolute atomic E-state index is 0.742. The van der Waals surface area contributed by atoms with Gasteiger partial charge in [0.2, 0.25) is 23.3 Å². The van der Waals surface area contributed by atoms with E-state index in [1.807, 2.05) is 0 Å². The topological polar surface area (TPSA) is 40.5 Å². The first-order chi connectivity index (χ1) is 13.5. The van der Waals surface area contributed by atoms with Crippen LogP contribution in [0.1, 0.15) is 0 Å². The highest BCUT2D eigenvalue weighted by Crippen LogP contribution is 2.32. The fraction of sp³-hybridized carbons (Fsp3) is 0.111. The minimum Gasteiger partial charge on any atom is -0.503 e. The van der Waals surface area contributed by atoms with Gasteiger partial charge in [0.05, 0.1) is 0 Å². The second kappa shape index (κ2) is 7.89. The van der Waals surface area contributed by atoms with Gasteiger partial charge >= 0.3 is 0 Å². The molecule has 0 bridgehead atoms. The van der Waals surface area contributed by atoms with Crippen LogP contribution in [0.3, 0.4) is 0 Å². The highest BCUT2D eigenvalue weighted by atomic mass is 28.3. The molecule has 2 N–H and O–H groups in total. The number of phenolic OH excluding ortho intramolecular Hbond substituents is 2. The van der Waals surface area contributed by atoms with E-state index in [0.717, 1.165) is 12.2 Å². The van der Waals surface area contributed by atoms with Crippen molar-refractivity contribution in [3.63, 3.8) is 0 Å². The van der Waals surface area contributed by atoms with Gasteiger partial charge in [-0.2, -0.15) is 17.6 Å². The van der Waals surface area contributed by atoms with E-state index in [9.17, 15) is 35.1 Å². The number of halogens is 8. The summed E-state index contributed by atoms with van der Waals surface area (Å²) < 4.78 is 114. The van der Waals surface area contributed by atoms with Crippen LogP contribution in [0.4, 0.5) is 35.1 Å². The third kappa shape index (κ3) is 3.18. The van der Waals surface area contributed by atoms with Crippen molar-refractivity contribution in [1.82, 2.24) is 0 Å². The van der Waals surface area contributed by atoms with Gasteiger partial charge in [0.25, 0.3) is 0 Å². The fourth-order valence-corrected chi connectivity index (χ4v) is 7.53. The van der Waals surface area contributed by atoms with E-state index in [-0.39, 0.29) is 0 Å². The Labute approximate surface area is 160 Å². The van der Waals surface area contributed by atoms with Crippen LogP contribution in [0.2, 0.25) is 12.1 Å². The minimum atomic E-state index is -4.82. The molecule has 2 nitrogen and oxygen atoms in total. The Bertz CT molecular complexity index is 882. The summed E-state index contributed by atoms with van der Waals surface area (Å²) in [6.07, 6.45) is 1.78. The molecule has 0 unspecified atom stereocenters. The van der Waals surface area contributed by atoms with Crippen molar-refractivity contribution in [3.05, 3.63) is 71.8 Å². The Balaban J connectivity index is 3.18. The molecule has 0 aliphatic carbocycles. The summed E-state index contributed by atoms with van der Waals surface area (Å²) in [5.41, 5.74) is 0. The lowest BCUT2D eigenvalue weighted by Crippen LogP contribution is -2.63. The molecule has 156 valence electrons. The number of benzene rings is 2. The molecule has 0 aliphatic heterocycles. The Kier molecular flexibility index (Phi) is 6.12. The number of phenols is 2. The Hall–Kier alpha value is -2.82. The Morgan fingerprint density at radius 1 is 0.552 bits per heavy atom. The van der Waals surface area contributed by atoms with Gasteiger partial charge in [-0.1, -0.05) is 12.2 Å². The summed E-state index contributed by atoms with van der Waals surface area (Å²) in [4.78, 5) is 0. The smallest absolute Gasteiger partial charge is 0.203 e. The van der Waals surface area contributed by atoms with Crippen molar-refractivity contribution in [2.24, 2.45) is 0 Å². The van der Waals surface area contributed by atoms with Gasteiger partial charge in [0, 0.05) is 10.4 Å². The molecular weight excluding hydrogens is 428 g/mol. The maximum absolute atomic E-state index is 14.6. The average molecular weight is 440 g/mol. The van der Waals surface area contributed by atoms with Crippen LogP contribution in [0.15, 0.2) is 25.3 Å². The van der Waals surface area contributed by atoms with E-state index in [0.29, 0.717) is 0 Å². The zero-order valence-electron chi connectivity index (χ0n) is 14.4. The van der Waals surface area contributed by atoms with Gasteiger partial charge in [0.15, 0.2) is 34.8 Å². The second-order valence-corrected chi connectivity index (χ2v) is 10.0. The molecule has 2 aromatic rings. The van der Waals surface area contributed by atoms with Crippen LogP contribution in [-0.2, 0) is 0 Å². The lowest BCUT2D eigenvalue weighted by Gasteiger charge is -2.32. The summed E-state index contributed by atoms with van der Waals surface area (Å²) in [6, 6.07) is -1.48. The van der Waals surface area contributed by atoms with E-state index in [4.69, 9.17) is 10.2 Å². The predicted molar refractivity (Wildman–Crippen MR) is 90.9 cm³/mol. The molecule has 0 aliphatic rings. The quantitative estimate of drug-likeness (QED) is 0.307. The molecule has 2 aromatic carbocycles. The number of rotatable bonds is 6. The number of allylic oxidation sites excluding steroid dienone is 2. The first-order valence-electron chi connectivity index (χ1n) is 7.80. The van der Waals surface area contributed by atoms with Crippen molar-refractivity contribution in [3.8, 4) is 11.5 Å². The van der Waals surface area contributed by atoms with E-state index in [2.05, 4.69) is 13.2 Å². The van der Waals surface area contributed by atoms with E-state index in [1.165, 1.54) is 0 Å². The highest BCUT2D eigenvalue weighted by molar-refractivity contribution is 7.03. The molecule has 0 heterocycles. The largest absolute Gasteiger partial charge is 0.503 e. The molecule has 0 radical (unpaired) electrons. The van der Waals surface area contributed by atoms with Crippen molar-refractivity contribution in [2.75, 3.05) is 0 Å². The third-order valence-corrected chi connectivity index (χ3v) is 9.19. The Morgan fingerprint density at radius 3 is 1.00 bits per heavy atom. The summed E-state index contributed by atoms with van der Waals surface area (Å²) in [6.45, 7) is 6.52. The van der Waals surface area contributed by atoms with Crippen LogP contribution >= 0.6 is 0 Å². The van der Waals surface area contributed by atoms with Gasteiger partial charge in [-0.05, 0) is 12.1 Å². The van der Waals surface area contributed by atoms with Gasteiger partial charge in [0.1, 0.15) is 8.07 Å². The molecule has 11 heteroatoms.